The Morgan fingerprint density at radius 1 is 1.42 bits per heavy atom. The van der Waals surface area contributed by atoms with Gasteiger partial charge < -0.3 is 5.11 Å². The van der Waals surface area contributed by atoms with Gasteiger partial charge in [0.05, 0.1) is 6.10 Å². The number of aliphatic hydroxyl groups is 1. The van der Waals surface area contributed by atoms with E-state index in [1.54, 1.807) is 6.07 Å². The SMILES string of the molecule is CC1SCC(C(O)Cc2cc(F)ccc2Cl)SC1C. The molecule has 1 nitrogen and oxygen atoms in total. The van der Waals surface area contributed by atoms with E-state index < -0.39 is 6.10 Å². The van der Waals surface area contributed by atoms with Gasteiger partial charge in [-0.3, -0.25) is 0 Å². The minimum Gasteiger partial charge on any atom is -0.392 e. The van der Waals surface area contributed by atoms with Crippen LogP contribution in [0.5, 0.6) is 0 Å². The van der Waals surface area contributed by atoms with Gasteiger partial charge in [-0.15, -0.1) is 0 Å². The topological polar surface area (TPSA) is 20.2 Å². The lowest BCUT2D eigenvalue weighted by atomic mass is 10.1. The second kappa shape index (κ2) is 6.70. The van der Waals surface area contributed by atoms with Crippen LogP contribution in [0.25, 0.3) is 0 Å². The van der Waals surface area contributed by atoms with Crippen LogP contribution in [0.3, 0.4) is 0 Å². The van der Waals surface area contributed by atoms with Crippen LogP contribution in [-0.2, 0) is 6.42 Å². The van der Waals surface area contributed by atoms with E-state index in [1.807, 2.05) is 23.5 Å². The monoisotopic (exact) mass is 320 g/mol. The minimum atomic E-state index is -0.480. The van der Waals surface area contributed by atoms with E-state index in [-0.39, 0.29) is 11.1 Å². The summed E-state index contributed by atoms with van der Waals surface area (Å²) in [5.74, 6) is 0.629. The first-order valence-electron chi connectivity index (χ1n) is 6.36. The molecule has 0 aliphatic carbocycles. The van der Waals surface area contributed by atoms with Gasteiger partial charge in [0.1, 0.15) is 5.82 Å². The lowest BCUT2D eigenvalue weighted by molar-refractivity contribution is 0.177. The van der Waals surface area contributed by atoms with Gasteiger partial charge in [-0.05, 0) is 23.8 Å². The average Bonchev–Trinajstić information content (AvgIpc) is 2.37. The fourth-order valence-electron chi connectivity index (χ4n) is 2.07. The van der Waals surface area contributed by atoms with Gasteiger partial charge in [0.25, 0.3) is 0 Å². The van der Waals surface area contributed by atoms with Crippen molar-refractivity contribution in [3.8, 4) is 0 Å². The first-order chi connectivity index (χ1) is 8.97. The molecule has 4 unspecified atom stereocenters. The fraction of sp³-hybridized carbons (Fsp3) is 0.571. The Labute approximate surface area is 127 Å². The van der Waals surface area contributed by atoms with Gasteiger partial charge in [-0.1, -0.05) is 25.4 Å². The highest BCUT2D eigenvalue weighted by Crippen LogP contribution is 2.37. The third-order valence-electron chi connectivity index (χ3n) is 3.44. The normalized spacial score (nSPS) is 29.2. The molecule has 1 aromatic rings. The highest BCUT2D eigenvalue weighted by atomic mass is 35.5. The quantitative estimate of drug-likeness (QED) is 0.908. The van der Waals surface area contributed by atoms with Crippen molar-refractivity contribution in [2.75, 3.05) is 5.75 Å². The second-order valence-electron chi connectivity index (χ2n) is 4.93. The molecule has 1 saturated heterocycles. The number of rotatable bonds is 3. The molecule has 1 aliphatic heterocycles. The Morgan fingerprint density at radius 3 is 2.84 bits per heavy atom. The molecular formula is C14H18ClFOS2. The summed E-state index contributed by atoms with van der Waals surface area (Å²) in [6.07, 6.45) is -0.0672. The van der Waals surface area contributed by atoms with Crippen molar-refractivity contribution in [3.05, 3.63) is 34.6 Å². The van der Waals surface area contributed by atoms with Crippen LogP contribution in [0.1, 0.15) is 19.4 Å². The number of aliphatic hydroxyl groups excluding tert-OH is 1. The van der Waals surface area contributed by atoms with E-state index in [0.717, 1.165) is 5.75 Å². The molecule has 1 aliphatic rings. The van der Waals surface area contributed by atoms with E-state index in [0.29, 0.717) is 27.5 Å². The Bertz CT molecular complexity index is 443. The summed E-state index contributed by atoms with van der Waals surface area (Å²) >= 11 is 9.76. The molecule has 0 saturated carbocycles. The molecule has 4 atom stereocenters. The van der Waals surface area contributed by atoms with E-state index in [9.17, 15) is 9.50 Å². The van der Waals surface area contributed by atoms with Crippen LogP contribution < -0.4 is 0 Å². The number of hydrogen-bond acceptors (Lipinski definition) is 3. The molecule has 0 radical (unpaired) electrons. The highest BCUT2D eigenvalue weighted by Gasteiger charge is 2.30. The Kier molecular flexibility index (Phi) is 5.46. The van der Waals surface area contributed by atoms with Crippen molar-refractivity contribution in [1.29, 1.82) is 0 Å². The molecule has 0 aromatic heterocycles. The zero-order chi connectivity index (χ0) is 14.0. The predicted molar refractivity (Wildman–Crippen MR) is 83.9 cm³/mol. The zero-order valence-corrected chi connectivity index (χ0v) is 13.4. The molecule has 1 heterocycles. The summed E-state index contributed by atoms with van der Waals surface area (Å²) in [6, 6.07) is 4.30. The smallest absolute Gasteiger partial charge is 0.123 e. The van der Waals surface area contributed by atoms with Crippen LogP contribution in [0.15, 0.2) is 18.2 Å². The maximum atomic E-state index is 13.2. The molecule has 106 valence electrons. The molecule has 1 fully saturated rings. The van der Waals surface area contributed by atoms with Crippen LogP contribution in [0.4, 0.5) is 4.39 Å². The van der Waals surface area contributed by atoms with Gasteiger partial charge in [-0.25, -0.2) is 4.39 Å². The van der Waals surface area contributed by atoms with E-state index in [4.69, 9.17) is 11.6 Å². The van der Waals surface area contributed by atoms with E-state index in [2.05, 4.69) is 13.8 Å². The second-order valence-corrected chi connectivity index (χ2v) is 8.36. The standard InChI is InChI=1S/C14H18ClFOS2/c1-8-9(2)19-14(7-18-8)13(17)6-10-5-11(16)3-4-12(10)15/h3-5,8-9,13-14,17H,6-7H2,1-2H3. The summed E-state index contributed by atoms with van der Waals surface area (Å²) in [7, 11) is 0. The largest absolute Gasteiger partial charge is 0.392 e. The molecule has 5 heteroatoms. The number of hydrogen-bond donors (Lipinski definition) is 1. The highest BCUT2D eigenvalue weighted by molar-refractivity contribution is 8.07. The van der Waals surface area contributed by atoms with Crippen molar-refractivity contribution >= 4 is 35.1 Å². The summed E-state index contributed by atoms with van der Waals surface area (Å²) in [4.78, 5) is 0. The lowest BCUT2D eigenvalue weighted by Gasteiger charge is -2.34. The lowest BCUT2D eigenvalue weighted by Crippen LogP contribution is -2.35. The molecule has 0 bridgehead atoms. The van der Waals surface area contributed by atoms with Crippen molar-refractivity contribution < 1.29 is 9.50 Å². The van der Waals surface area contributed by atoms with Gasteiger partial charge in [-0.2, -0.15) is 23.5 Å². The molecule has 0 spiro atoms. The maximum Gasteiger partial charge on any atom is 0.123 e. The van der Waals surface area contributed by atoms with Gasteiger partial charge in [0, 0.05) is 32.9 Å². The number of thioether (sulfide) groups is 2. The molecular weight excluding hydrogens is 303 g/mol. The number of benzene rings is 1. The maximum absolute atomic E-state index is 13.2. The van der Waals surface area contributed by atoms with Gasteiger partial charge in [0.15, 0.2) is 0 Å². The Morgan fingerprint density at radius 2 is 2.16 bits per heavy atom. The Balaban J connectivity index is 2.01. The Hall–Kier alpha value is 0.1000. The molecule has 1 N–H and O–H groups in total. The van der Waals surface area contributed by atoms with Crippen molar-refractivity contribution in [2.45, 2.75) is 42.1 Å². The van der Waals surface area contributed by atoms with E-state index >= 15 is 0 Å². The van der Waals surface area contributed by atoms with Gasteiger partial charge >= 0.3 is 0 Å². The van der Waals surface area contributed by atoms with E-state index in [1.165, 1.54) is 12.1 Å². The summed E-state index contributed by atoms with van der Waals surface area (Å²) in [5.41, 5.74) is 0.686. The first kappa shape index (κ1) is 15.5. The molecule has 1 aromatic carbocycles. The third-order valence-corrected chi connectivity index (χ3v) is 7.35. The molecule has 2 rings (SSSR count). The fourth-order valence-corrected chi connectivity index (χ4v) is 5.28. The van der Waals surface area contributed by atoms with Crippen molar-refractivity contribution in [1.82, 2.24) is 0 Å². The van der Waals surface area contributed by atoms with Crippen molar-refractivity contribution in [3.63, 3.8) is 0 Å². The van der Waals surface area contributed by atoms with Crippen LogP contribution >= 0.6 is 35.1 Å². The summed E-state index contributed by atoms with van der Waals surface area (Å²) < 4.78 is 13.2. The van der Waals surface area contributed by atoms with Crippen LogP contribution in [0, 0.1) is 5.82 Å². The van der Waals surface area contributed by atoms with Crippen molar-refractivity contribution in [2.24, 2.45) is 0 Å². The summed E-state index contributed by atoms with van der Waals surface area (Å²) in [6.45, 7) is 4.41. The van der Waals surface area contributed by atoms with Gasteiger partial charge in [0.2, 0.25) is 0 Å². The van der Waals surface area contributed by atoms with Crippen LogP contribution in [0.2, 0.25) is 5.02 Å². The number of halogens is 2. The molecule has 0 amide bonds. The molecule has 19 heavy (non-hydrogen) atoms. The van der Waals surface area contributed by atoms with Crippen LogP contribution in [-0.4, -0.2) is 32.7 Å². The predicted octanol–water partition coefficient (Wildman–Crippen LogP) is 4.01. The third kappa shape index (κ3) is 4.03. The first-order valence-corrected chi connectivity index (χ1v) is 8.73. The average molecular weight is 321 g/mol. The minimum absolute atomic E-state index is 0.190. The summed E-state index contributed by atoms with van der Waals surface area (Å²) in [5, 5.41) is 12.2. The zero-order valence-electron chi connectivity index (χ0n) is 11.0.